The van der Waals surface area contributed by atoms with Gasteiger partial charge in [-0.1, -0.05) is 42.5 Å². The Morgan fingerprint density at radius 2 is 1.44 bits per heavy atom. The summed E-state index contributed by atoms with van der Waals surface area (Å²) < 4.78 is 0. The fourth-order valence-corrected chi connectivity index (χ4v) is 2.52. The summed E-state index contributed by atoms with van der Waals surface area (Å²) in [5.41, 5.74) is 1.31. The van der Waals surface area contributed by atoms with Gasteiger partial charge in [-0.15, -0.1) is 18.4 Å². The number of thioether (sulfide) groups is 1. The number of benzene rings is 2. The molecule has 0 fully saturated rings. The van der Waals surface area contributed by atoms with Crippen LogP contribution in [0.5, 0.6) is 0 Å². The minimum Gasteiger partial charge on any atom is -1.00 e. The summed E-state index contributed by atoms with van der Waals surface area (Å²) >= 11 is 1.59. The molecule has 2 aromatic rings. The Labute approximate surface area is 196 Å². The van der Waals surface area contributed by atoms with Gasteiger partial charge in [0.2, 0.25) is 0 Å². The summed E-state index contributed by atoms with van der Waals surface area (Å²) in [6.07, 6.45) is 1.95. The average Bonchev–Trinajstić information content (AvgIpc) is 2.53. The second-order valence-corrected chi connectivity index (χ2v) is 5.26. The second-order valence-electron chi connectivity index (χ2n) is 4.38. The number of carbonyl (C=O) groups is 1. The zero-order valence-electron chi connectivity index (χ0n) is 13.7. The average molecular weight is 418 g/mol. The van der Waals surface area contributed by atoms with E-state index in [0.717, 1.165) is 4.90 Å². The summed E-state index contributed by atoms with van der Waals surface area (Å²) in [6.45, 7) is -0.614. The number of hydrogen-bond acceptors (Lipinski definition) is 4. The molecule has 2 rings (SSSR count). The van der Waals surface area contributed by atoms with E-state index in [0.29, 0.717) is 11.1 Å². The zero-order chi connectivity index (χ0) is 15.2. The van der Waals surface area contributed by atoms with Gasteiger partial charge in [0.15, 0.2) is 0 Å². The molecule has 0 unspecified atom stereocenters. The fraction of sp³-hybridized carbons (Fsp3) is 0.118. The molecule has 0 atom stereocenters. The topological polar surface area (TPSA) is 63.2 Å². The van der Waals surface area contributed by atoms with Crippen LogP contribution in [0, 0.1) is 0 Å². The molecule has 0 heterocycles. The van der Waals surface area contributed by atoms with E-state index in [9.17, 15) is 15.0 Å². The predicted octanol–water partition coefficient (Wildman–Crippen LogP) is -5.32. The second kappa shape index (κ2) is 15.2. The van der Waals surface area contributed by atoms with Gasteiger partial charge in [-0.2, -0.15) is 0 Å². The number of hydrogen-bond donors (Lipinski definition) is 0. The van der Waals surface area contributed by atoms with Crippen molar-refractivity contribution in [1.29, 1.82) is 0 Å². The van der Waals surface area contributed by atoms with Crippen molar-refractivity contribution in [3.8, 4) is 0 Å². The zero-order valence-corrected chi connectivity index (χ0v) is 18.9. The molecular weight excluding hydrogens is 404 g/mol. The van der Waals surface area contributed by atoms with Crippen molar-refractivity contribution in [3.05, 3.63) is 65.7 Å². The minimum atomic E-state index is -1.33. The van der Waals surface area contributed by atoms with Crippen molar-refractivity contribution in [2.75, 3.05) is 12.9 Å². The largest absolute Gasteiger partial charge is 2.00 e. The Morgan fingerprint density at radius 3 is 1.84 bits per heavy atom. The molecule has 0 saturated heterocycles. The van der Waals surface area contributed by atoms with Crippen LogP contribution in [0.3, 0.4) is 0 Å². The van der Waals surface area contributed by atoms with Gasteiger partial charge in [0, 0.05) is 10.5 Å². The van der Waals surface area contributed by atoms with Crippen molar-refractivity contribution >= 4 is 75.0 Å². The molecule has 0 aliphatic carbocycles. The Hall–Kier alpha value is 0.0725. The number of rotatable bonds is 5. The quantitative estimate of drug-likeness (QED) is 0.211. The van der Waals surface area contributed by atoms with Crippen molar-refractivity contribution in [2.24, 2.45) is 0 Å². The summed E-state index contributed by atoms with van der Waals surface area (Å²) in [7, 11) is 0. The first-order valence-electron chi connectivity index (χ1n) is 6.39. The van der Waals surface area contributed by atoms with Gasteiger partial charge < -0.3 is 39.8 Å². The van der Waals surface area contributed by atoms with Crippen molar-refractivity contribution in [1.82, 2.24) is 0 Å². The molecule has 25 heavy (non-hydrogen) atoms. The number of carbonyl (C=O) groups excluding carboxylic acids is 1. The third-order valence-corrected chi connectivity index (χ3v) is 3.89. The first-order chi connectivity index (χ1) is 10.2. The van der Waals surface area contributed by atoms with Crippen LogP contribution >= 0.6 is 11.8 Å². The third-order valence-electron chi connectivity index (χ3n) is 3.15. The van der Waals surface area contributed by atoms with E-state index in [2.05, 4.69) is 0 Å². The third kappa shape index (κ3) is 8.09. The van der Waals surface area contributed by atoms with Crippen LogP contribution in [0.25, 0.3) is 11.1 Å². The van der Waals surface area contributed by atoms with E-state index < -0.39 is 12.6 Å². The van der Waals surface area contributed by atoms with Crippen LogP contribution in [-0.2, 0) is 4.79 Å². The van der Waals surface area contributed by atoms with Crippen molar-refractivity contribution in [3.63, 3.8) is 0 Å². The Balaban J connectivity index is -0.00000121. The van der Waals surface area contributed by atoms with Gasteiger partial charge in [0.05, 0.1) is 5.97 Å². The minimum absolute atomic E-state index is 0. The van der Waals surface area contributed by atoms with E-state index in [1.807, 2.05) is 18.4 Å². The molecule has 0 spiro atoms. The monoisotopic (exact) mass is 416 g/mol. The smallest absolute Gasteiger partial charge is 1.00 e. The molecule has 0 aliphatic rings. The number of halogens is 2. The fourth-order valence-electron chi connectivity index (χ4n) is 2.11. The molecule has 2 aromatic carbocycles. The van der Waals surface area contributed by atoms with Gasteiger partial charge in [0.25, 0.3) is 0 Å². The van der Waals surface area contributed by atoms with E-state index in [1.54, 1.807) is 54.2 Å². The first-order valence-corrected chi connectivity index (χ1v) is 7.62. The van der Waals surface area contributed by atoms with Crippen LogP contribution in [0.1, 0.15) is 11.1 Å². The molecule has 8 heteroatoms. The van der Waals surface area contributed by atoms with E-state index in [1.165, 1.54) is 0 Å². The van der Waals surface area contributed by atoms with Gasteiger partial charge in [-0.3, -0.25) is 0 Å². The first kappa shape index (κ1) is 29.8. The predicted molar refractivity (Wildman–Crippen MR) is 92.9 cm³/mol. The Kier molecular flexibility index (Phi) is 18.1. The molecule has 0 radical (unpaired) electrons. The molecule has 124 valence electrons. The Morgan fingerprint density at radius 1 is 0.920 bits per heavy atom. The molecule has 0 N–H and O–H groups in total. The molecule has 0 amide bonds. The van der Waals surface area contributed by atoms with Gasteiger partial charge >= 0.3 is 46.1 Å². The number of carboxylic acids is 1. The molecule has 3 nitrogen and oxygen atoms in total. The summed E-state index contributed by atoms with van der Waals surface area (Å²) in [5.74, 6) is -1.33. The maximum Gasteiger partial charge on any atom is 2.00 e. The van der Waals surface area contributed by atoms with Crippen LogP contribution in [0.2, 0.25) is 0 Å². The molecule has 0 saturated carbocycles. The standard InChI is InChI=1S/C17H15O3S.2ClH.2Mg/c1-21-14-9-7-12(8-10-14)15(11-18)16(17(19)20)13-5-3-2-4-6-13;;;;/h2-10H,11H2,1H3,(H,19,20);2*1H;;/q-1;;;2*+2/p-3/b16-15+;;;;. The molecule has 0 aromatic heterocycles. The number of aliphatic carboxylic acids is 1. The van der Waals surface area contributed by atoms with Gasteiger partial charge in [0.1, 0.15) is 0 Å². The van der Waals surface area contributed by atoms with E-state index in [4.69, 9.17) is 0 Å². The van der Waals surface area contributed by atoms with Crippen LogP contribution in [-0.4, -0.2) is 64.9 Å². The molecule has 0 bridgehead atoms. The SMILES string of the molecule is CSc1ccc(/C(C[O-])=C(/C(=O)[O-])c2ccccc2)cc1.[Cl-].[Cl-].[Mg+2].[Mg+2]. The maximum atomic E-state index is 11.5. The van der Waals surface area contributed by atoms with Gasteiger partial charge in [-0.05, 0) is 35.1 Å². The van der Waals surface area contributed by atoms with Crippen LogP contribution in [0.15, 0.2) is 59.5 Å². The van der Waals surface area contributed by atoms with Crippen molar-refractivity contribution in [2.45, 2.75) is 4.90 Å². The maximum absolute atomic E-state index is 11.5. The summed E-state index contributed by atoms with van der Waals surface area (Å²) in [6, 6.07) is 15.9. The van der Waals surface area contributed by atoms with Gasteiger partial charge in [-0.25, -0.2) is 0 Å². The van der Waals surface area contributed by atoms with Crippen molar-refractivity contribution < 1.29 is 39.8 Å². The van der Waals surface area contributed by atoms with E-state index in [-0.39, 0.29) is 82.1 Å². The summed E-state index contributed by atoms with van der Waals surface area (Å²) in [4.78, 5) is 12.5. The number of carboxylic acid groups (broad SMARTS) is 1. The normalized spacial score (nSPS) is 10.0. The van der Waals surface area contributed by atoms with Crippen LogP contribution < -0.4 is 35.0 Å². The molecule has 0 aliphatic heterocycles. The summed E-state index contributed by atoms with van der Waals surface area (Å²) in [5, 5.41) is 23.0. The Bertz CT molecular complexity index is 665. The van der Waals surface area contributed by atoms with E-state index >= 15 is 0 Å². The van der Waals surface area contributed by atoms with Crippen LogP contribution in [0.4, 0.5) is 0 Å². The molecular formula is C17H14Cl2Mg2O3S.